The van der Waals surface area contributed by atoms with E-state index in [0.717, 1.165) is 60.5 Å². The van der Waals surface area contributed by atoms with E-state index in [-0.39, 0.29) is 11.4 Å². The van der Waals surface area contributed by atoms with Crippen molar-refractivity contribution in [3.8, 4) is 5.75 Å². The Balaban J connectivity index is 1.72. The van der Waals surface area contributed by atoms with Crippen LogP contribution in [0.3, 0.4) is 0 Å². The first-order valence-electron chi connectivity index (χ1n) is 7.55. The summed E-state index contributed by atoms with van der Waals surface area (Å²) in [7, 11) is -2.10. The summed E-state index contributed by atoms with van der Waals surface area (Å²) in [6, 6.07) is 4.06. The first-order valence-corrected chi connectivity index (χ1v) is 9.03. The van der Waals surface area contributed by atoms with Crippen molar-refractivity contribution >= 4 is 10.0 Å². The molecule has 0 atom stereocenters. The number of nitrogens with zero attached hydrogens (tertiary/aromatic N) is 2. The number of aryl methyl sites for hydroxylation is 2. The monoisotopic (exact) mass is 375 g/mol. The molecular weight excluding hydrogens is 359 g/mol. The number of benzene rings is 1. The van der Waals surface area contributed by atoms with Crippen LogP contribution < -0.4 is 9.46 Å². The second kappa shape index (κ2) is 6.34. The molecule has 0 radical (unpaired) electrons. The van der Waals surface area contributed by atoms with Gasteiger partial charge in [-0.15, -0.1) is 13.2 Å². The zero-order chi connectivity index (χ0) is 18.2. The van der Waals surface area contributed by atoms with Crippen LogP contribution in [0.15, 0.2) is 29.2 Å². The summed E-state index contributed by atoms with van der Waals surface area (Å²) < 4.78 is 68.9. The third-order valence-electron chi connectivity index (χ3n) is 4.00. The molecule has 1 aliphatic carbocycles. The van der Waals surface area contributed by atoms with E-state index >= 15 is 0 Å². The Hall–Kier alpha value is -2.07. The van der Waals surface area contributed by atoms with Crippen molar-refractivity contribution in [2.75, 3.05) is 0 Å². The van der Waals surface area contributed by atoms with Crippen LogP contribution in [0.25, 0.3) is 0 Å². The molecule has 1 aliphatic rings. The first-order chi connectivity index (χ1) is 11.7. The van der Waals surface area contributed by atoms with E-state index in [1.807, 2.05) is 0 Å². The molecule has 0 amide bonds. The Morgan fingerprint density at radius 2 is 1.92 bits per heavy atom. The van der Waals surface area contributed by atoms with Gasteiger partial charge in [0.25, 0.3) is 0 Å². The minimum atomic E-state index is -4.82. The molecule has 136 valence electrons. The Morgan fingerprint density at radius 1 is 1.24 bits per heavy atom. The molecule has 0 bridgehead atoms. The lowest BCUT2D eigenvalue weighted by molar-refractivity contribution is -0.274. The summed E-state index contributed by atoms with van der Waals surface area (Å²) in [5, 5.41) is 4.37. The van der Waals surface area contributed by atoms with Crippen molar-refractivity contribution in [1.82, 2.24) is 14.5 Å². The van der Waals surface area contributed by atoms with Crippen LogP contribution in [0, 0.1) is 0 Å². The van der Waals surface area contributed by atoms with E-state index in [0.29, 0.717) is 0 Å². The van der Waals surface area contributed by atoms with E-state index < -0.39 is 22.1 Å². The van der Waals surface area contributed by atoms with Crippen molar-refractivity contribution in [2.24, 2.45) is 7.05 Å². The number of sulfonamides is 1. The molecule has 1 heterocycles. The molecule has 1 aromatic heterocycles. The van der Waals surface area contributed by atoms with Crippen LogP contribution in [-0.2, 0) is 36.5 Å². The van der Waals surface area contributed by atoms with Gasteiger partial charge in [-0.25, -0.2) is 13.1 Å². The van der Waals surface area contributed by atoms with E-state index in [1.165, 1.54) is 0 Å². The molecule has 0 spiro atoms. The van der Waals surface area contributed by atoms with Crippen molar-refractivity contribution in [3.05, 3.63) is 41.2 Å². The van der Waals surface area contributed by atoms with Gasteiger partial charge in [-0.05, 0) is 49.1 Å². The van der Waals surface area contributed by atoms with Gasteiger partial charge in [-0.3, -0.25) is 4.68 Å². The summed E-state index contributed by atoms with van der Waals surface area (Å²) in [6.45, 7) is 0.0714. The zero-order valence-electron chi connectivity index (χ0n) is 13.3. The van der Waals surface area contributed by atoms with Gasteiger partial charge in [0, 0.05) is 7.05 Å². The molecule has 25 heavy (non-hydrogen) atoms. The smallest absolute Gasteiger partial charge is 0.406 e. The molecule has 2 aromatic rings. The predicted octanol–water partition coefficient (Wildman–Crippen LogP) is 2.29. The Kier molecular flexibility index (Phi) is 4.50. The van der Waals surface area contributed by atoms with Crippen LogP contribution in [0.5, 0.6) is 5.75 Å². The van der Waals surface area contributed by atoms with Crippen LogP contribution in [0.2, 0.25) is 0 Å². The number of ether oxygens (including phenoxy) is 1. The average Bonchev–Trinajstić information content (AvgIpc) is 3.05. The summed E-state index contributed by atoms with van der Waals surface area (Å²) in [4.78, 5) is -0.138. The molecule has 0 fully saturated rings. The van der Waals surface area contributed by atoms with Crippen molar-refractivity contribution in [2.45, 2.75) is 37.1 Å². The van der Waals surface area contributed by atoms with Crippen LogP contribution in [0.4, 0.5) is 13.2 Å². The zero-order valence-corrected chi connectivity index (χ0v) is 14.1. The third kappa shape index (κ3) is 3.96. The summed E-state index contributed by atoms with van der Waals surface area (Å²) in [5.41, 5.74) is 2.86. The minimum Gasteiger partial charge on any atom is -0.406 e. The standard InChI is InChI=1S/C15H16F3N3O3S/c1-21-14(12-3-2-4-13(12)20-21)9-19-25(22,23)11-7-5-10(6-8-11)24-15(16,17)18/h5-8,19H,2-4,9H2,1H3. The van der Waals surface area contributed by atoms with Gasteiger partial charge in [0.05, 0.1) is 22.8 Å². The molecule has 1 N–H and O–H groups in total. The lowest BCUT2D eigenvalue weighted by Crippen LogP contribution is -2.25. The van der Waals surface area contributed by atoms with Gasteiger partial charge in [0.15, 0.2) is 0 Å². The van der Waals surface area contributed by atoms with Crippen LogP contribution in [-0.4, -0.2) is 24.6 Å². The first kappa shape index (κ1) is 17.7. The Morgan fingerprint density at radius 3 is 2.56 bits per heavy atom. The molecule has 6 nitrogen and oxygen atoms in total. The molecule has 0 aliphatic heterocycles. The highest BCUT2D eigenvalue weighted by Crippen LogP contribution is 2.26. The number of alkyl halides is 3. The highest BCUT2D eigenvalue weighted by atomic mass is 32.2. The lowest BCUT2D eigenvalue weighted by Gasteiger charge is -2.11. The maximum Gasteiger partial charge on any atom is 0.573 e. The molecule has 1 aromatic carbocycles. The van der Waals surface area contributed by atoms with Crippen LogP contribution >= 0.6 is 0 Å². The topological polar surface area (TPSA) is 73.2 Å². The fourth-order valence-electron chi connectivity index (χ4n) is 2.87. The van der Waals surface area contributed by atoms with Gasteiger partial charge in [-0.2, -0.15) is 5.10 Å². The maximum atomic E-state index is 12.3. The molecule has 10 heteroatoms. The molecule has 0 saturated carbocycles. The third-order valence-corrected chi connectivity index (χ3v) is 5.41. The summed E-state index contributed by atoms with van der Waals surface area (Å²) in [5.74, 6) is -0.476. The quantitative estimate of drug-likeness (QED) is 0.870. The normalized spacial score (nSPS) is 14.6. The predicted molar refractivity (Wildman–Crippen MR) is 82.4 cm³/mol. The molecule has 0 saturated heterocycles. The summed E-state index contributed by atoms with van der Waals surface area (Å²) >= 11 is 0. The van der Waals surface area contributed by atoms with E-state index in [1.54, 1.807) is 11.7 Å². The Bertz CT molecular complexity index is 874. The number of nitrogens with one attached hydrogen (secondary N) is 1. The molecule has 0 unspecified atom stereocenters. The largest absolute Gasteiger partial charge is 0.573 e. The molecule has 3 rings (SSSR count). The molecular formula is C15H16F3N3O3S. The number of rotatable bonds is 5. The van der Waals surface area contributed by atoms with Crippen LogP contribution in [0.1, 0.15) is 23.4 Å². The number of fused-ring (bicyclic) bond motifs is 1. The minimum absolute atomic E-state index is 0.0714. The highest BCUT2D eigenvalue weighted by molar-refractivity contribution is 7.89. The van der Waals surface area contributed by atoms with Crippen molar-refractivity contribution in [1.29, 1.82) is 0 Å². The average molecular weight is 375 g/mol. The number of hydrogen-bond acceptors (Lipinski definition) is 4. The van der Waals surface area contributed by atoms with Gasteiger partial charge < -0.3 is 4.74 Å². The second-order valence-corrected chi connectivity index (χ2v) is 7.46. The maximum absolute atomic E-state index is 12.3. The fraction of sp³-hybridized carbons (Fsp3) is 0.400. The highest BCUT2D eigenvalue weighted by Gasteiger charge is 2.31. The van der Waals surface area contributed by atoms with Crippen molar-refractivity contribution in [3.63, 3.8) is 0 Å². The number of hydrogen-bond donors (Lipinski definition) is 1. The Labute approximate surface area is 142 Å². The number of halogens is 3. The van der Waals surface area contributed by atoms with E-state index in [4.69, 9.17) is 0 Å². The SMILES string of the molecule is Cn1nc2c(c1CNS(=O)(=O)c1ccc(OC(F)(F)F)cc1)CCC2. The van der Waals surface area contributed by atoms with E-state index in [2.05, 4.69) is 14.6 Å². The fourth-order valence-corrected chi connectivity index (χ4v) is 3.86. The summed E-state index contributed by atoms with van der Waals surface area (Å²) in [6.07, 6.45) is -2.07. The lowest BCUT2D eigenvalue weighted by atomic mass is 10.2. The van der Waals surface area contributed by atoms with Gasteiger partial charge in [0.2, 0.25) is 10.0 Å². The number of aromatic nitrogens is 2. The van der Waals surface area contributed by atoms with E-state index in [9.17, 15) is 21.6 Å². The van der Waals surface area contributed by atoms with Gasteiger partial charge >= 0.3 is 6.36 Å². The van der Waals surface area contributed by atoms with Gasteiger partial charge in [-0.1, -0.05) is 0 Å². The van der Waals surface area contributed by atoms with Crippen molar-refractivity contribution < 1.29 is 26.3 Å². The second-order valence-electron chi connectivity index (χ2n) is 5.69. The van der Waals surface area contributed by atoms with Gasteiger partial charge in [0.1, 0.15) is 5.75 Å².